The summed E-state index contributed by atoms with van der Waals surface area (Å²) in [6.07, 6.45) is -0.228. The summed E-state index contributed by atoms with van der Waals surface area (Å²) in [5.74, 6) is -0.296. The summed E-state index contributed by atoms with van der Waals surface area (Å²) in [6.45, 7) is 1.77. The van der Waals surface area contributed by atoms with Gasteiger partial charge in [0.05, 0.1) is 6.54 Å². The number of aromatic amines is 1. The Bertz CT molecular complexity index is 1500. The molecule has 1 aliphatic rings. The summed E-state index contributed by atoms with van der Waals surface area (Å²) in [6, 6.07) is 17.8. The molecule has 11 heteroatoms. The van der Waals surface area contributed by atoms with Gasteiger partial charge >= 0.3 is 6.09 Å². The third-order valence-electron chi connectivity index (χ3n) is 7.03. The Labute approximate surface area is 218 Å². The number of benzene rings is 3. The zero-order valence-electron chi connectivity index (χ0n) is 21.0. The minimum atomic E-state index is -1.22. The van der Waals surface area contributed by atoms with Gasteiger partial charge in [-0.15, -0.1) is 10.2 Å². The van der Waals surface area contributed by atoms with E-state index in [0.717, 1.165) is 38.1 Å². The van der Waals surface area contributed by atoms with Gasteiger partial charge in [0.25, 0.3) is 0 Å². The van der Waals surface area contributed by atoms with Crippen molar-refractivity contribution in [3.63, 3.8) is 0 Å². The monoisotopic (exact) mass is 513 g/mol. The Balaban J connectivity index is 1.49. The van der Waals surface area contributed by atoms with Crippen molar-refractivity contribution in [3.8, 4) is 11.4 Å². The average Bonchev–Trinajstić information content (AvgIpc) is 3.44. The Morgan fingerprint density at radius 3 is 2.76 bits per heavy atom. The van der Waals surface area contributed by atoms with E-state index in [-0.39, 0.29) is 12.5 Å². The van der Waals surface area contributed by atoms with E-state index < -0.39 is 24.1 Å². The van der Waals surface area contributed by atoms with Crippen LogP contribution in [0.15, 0.2) is 60.7 Å². The van der Waals surface area contributed by atoms with Crippen LogP contribution in [0.5, 0.6) is 0 Å². The summed E-state index contributed by atoms with van der Waals surface area (Å²) < 4.78 is 0. The van der Waals surface area contributed by atoms with Crippen molar-refractivity contribution in [2.45, 2.75) is 38.4 Å². The fourth-order valence-electron chi connectivity index (χ4n) is 4.72. The lowest BCUT2D eigenvalue weighted by molar-refractivity contribution is -0.130. The highest BCUT2D eigenvalue weighted by molar-refractivity contribution is 6.01. The third kappa shape index (κ3) is 4.77. The molecule has 0 unspecified atom stereocenters. The lowest BCUT2D eigenvalue weighted by Crippen LogP contribution is -2.53. The molecule has 0 saturated heterocycles. The van der Waals surface area contributed by atoms with E-state index in [9.17, 15) is 19.5 Å². The smallest absolute Gasteiger partial charge is 0.407 e. The Morgan fingerprint density at radius 1 is 1.18 bits per heavy atom. The maximum absolute atomic E-state index is 13.9. The molecule has 0 bridgehead atoms. The van der Waals surface area contributed by atoms with Gasteiger partial charge in [-0.1, -0.05) is 48.5 Å². The van der Waals surface area contributed by atoms with Crippen LogP contribution in [0.25, 0.3) is 22.2 Å². The molecule has 0 fully saturated rings. The molecule has 0 aliphatic carbocycles. The summed E-state index contributed by atoms with van der Waals surface area (Å²) in [7, 11) is 1.33. The number of fused-ring (bicyclic) bond motifs is 2. The molecule has 194 valence electrons. The quantitative estimate of drug-likeness (QED) is 0.359. The number of hydrogen-bond acceptors (Lipinski definition) is 6. The molecule has 3 amide bonds. The number of para-hydroxylation sites is 1. The van der Waals surface area contributed by atoms with E-state index in [1.807, 2.05) is 60.7 Å². The maximum atomic E-state index is 13.9. The Kier molecular flexibility index (Phi) is 6.73. The lowest BCUT2D eigenvalue weighted by atomic mass is 10.0. The first-order chi connectivity index (χ1) is 18.3. The normalized spacial score (nSPS) is 16.0. The zero-order valence-corrected chi connectivity index (χ0v) is 21.0. The number of carbonyl (C=O) groups is 3. The van der Waals surface area contributed by atoms with Crippen molar-refractivity contribution in [1.82, 2.24) is 30.8 Å². The lowest BCUT2D eigenvalue weighted by Gasteiger charge is -2.28. The first-order valence-electron chi connectivity index (χ1n) is 12.2. The van der Waals surface area contributed by atoms with Crippen LogP contribution < -0.4 is 10.2 Å². The molecule has 2 heterocycles. The number of nitrogens with one attached hydrogen (secondary N) is 2. The van der Waals surface area contributed by atoms with E-state index in [1.165, 1.54) is 14.0 Å². The van der Waals surface area contributed by atoms with Crippen LogP contribution in [-0.4, -0.2) is 67.7 Å². The number of likely N-dealkylation sites (N-methyl/N-ethyl adjacent to an activating group) is 1. The third-order valence-corrected chi connectivity index (χ3v) is 7.03. The predicted octanol–water partition coefficient (Wildman–Crippen LogP) is 2.98. The summed E-state index contributed by atoms with van der Waals surface area (Å²) >= 11 is 0. The molecule has 1 aromatic heterocycles. The van der Waals surface area contributed by atoms with Gasteiger partial charge in [-0.05, 0) is 59.0 Å². The number of H-pyrrole nitrogens is 1. The standard InChI is InChI=1S/C27H27N7O4/c1-16(33(2)27(37)38)25(35)28-22-13-12-18-6-3-4-9-23(18)34(26(22)36)15-20-8-5-7-17-10-11-19(14-21(17)20)24-29-31-32-30-24/h3-11,14,16,22H,12-13,15H2,1-2H3,(H,28,35)(H,37,38)(H,29,30,31,32)/t16-,22-/m0/s1. The number of anilines is 1. The second-order valence-corrected chi connectivity index (χ2v) is 9.31. The molecule has 38 heavy (non-hydrogen) atoms. The molecular weight excluding hydrogens is 486 g/mol. The number of nitrogens with zero attached hydrogens (tertiary/aromatic N) is 5. The van der Waals surface area contributed by atoms with Crippen molar-refractivity contribution in [2.75, 3.05) is 11.9 Å². The maximum Gasteiger partial charge on any atom is 0.407 e. The van der Waals surface area contributed by atoms with Gasteiger partial charge in [0, 0.05) is 18.3 Å². The second kappa shape index (κ2) is 10.3. The Morgan fingerprint density at radius 2 is 2.00 bits per heavy atom. The first kappa shape index (κ1) is 24.9. The van der Waals surface area contributed by atoms with Gasteiger partial charge in [0.2, 0.25) is 17.6 Å². The summed E-state index contributed by atoms with van der Waals surface area (Å²) in [5, 5.41) is 28.3. The minimum absolute atomic E-state index is 0.250. The molecule has 1 aliphatic heterocycles. The van der Waals surface area contributed by atoms with E-state index in [1.54, 1.807) is 4.90 Å². The minimum Gasteiger partial charge on any atom is -0.465 e. The molecule has 3 aromatic carbocycles. The number of carbonyl (C=O) groups excluding carboxylic acids is 2. The van der Waals surface area contributed by atoms with Gasteiger partial charge in [-0.3, -0.25) is 14.5 Å². The van der Waals surface area contributed by atoms with Crippen molar-refractivity contribution >= 4 is 34.4 Å². The van der Waals surface area contributed by atoms with E-state index in [0.29, 0.717) is 18.7 Å². The van der Waals surface area contributed by atoms with Crippen molar-refractivity contribution in [1.29, 1.82) is 0 Å². The average molecular weight is 514 g/mol. The Hall–Kier alpha value is -4.80. The highest BCUT2D eigenvalue weighted by atomic mass is 16.4. The molecule has 5 rings (SSSR count). The number of hydrogen-bond donors (Lipinski definition) is 3. The van der Waals surface area contributed by atoms with Crippen LogP contribution in [-0.2, 0) is 22.6 Å². The molecule has 3 N–H and O–H groups in total. The SMILES string of the molecule is C[C@@H](C(=O)N[C@H]1CCc2ccccc2N(Cc2cccc3ccc(-c4nn[nH]n4)cc23)C1=O)N(C)C(=O)O. The highest BCUT2D eigenvalue weighted by Gasteiger charge is 2.33. The van der Waals surface area contributed by atoms with Crippen LogP contribution in [0, 0.1) is 0 Å². The number of amides is 3. The zero-order chi connectivity index (χ0) is 26.8. The van der Waals surface area contributed by atoms with Gasteiger partial charge in [-0.25, -0.2) is 4.79 Å². The van der Waals surface area contributed by atoms with Crippen molar-refractivity contribution in [2.24, 2.45) is 0 Å². The molecule has 2 atom stereocenters. The summed E-state index contributed by atoms with van der Waals surface area (Å²) in [5.41, 5.74) is 3.50. The van der Waals surface area contributed by atoms with Crippen LogP contribution in [0.2, 0.25) is 0 Å². The fraction of sp³-hybridized carbons (Fsp3) is 0.259. The highest BCUT2D eigenvalue weighted by Crippen LogP contribution is 2.31. The molecule has 0 radical (unpaired) electrons. The number of rotatable bonds is 6. The predicted molar refractivity (Wildman–Crippen MR) is 140 cm³/mol. The van der Waals surface area contributed by atoms with Crippen LogP contribution in [0.1, 0.15) is 24.5 Å². The number of aromatic nitrogens is 4. The number of tetrazole rings is 1. The molecule has 0 spiro atoms. The van der Waals surface area contributed by atoms with Crippen LogP contribution in [0.4, 0.5) is 10.5 Å². The molecule has 11 nitrogen and oxygen atoms in total. The summed E-state index contributed by atoms with van der Waals surface area (Å²) in [4.78, 5) is 40.7. The second-order valence-electron chi connectivity index (χ2n) is 9.31. The fourth-order valence-corrected chi connectivity index (χ4v) is 4.72. The van der Waals surface area contributed by atoms with Crippen molar-refractivity contribution in [3.05, 3.63) is 71.8 Å². The molecule has 0 saturated carbocycles. The topological polar surface area (TPSA) is 144 Å². The number of aryl methyl sites for hydroxylation is 1. The van der Waals surface area contributed by atoms with Gasteiger partial charge in [0.1, 0.15) is 12.1 Å². The van der Waals surface area contributed by atoms with Crippen LogP contribution >= 0.6 is 0 Å². The van der Waals surface area contributed by atoms with Gasteiger partial charge in [0.15, 0.2) is 0 Å². The first-order valence-corrected chi connectivity index (χ1v) is 12.2. The largest absolute Gasteiger partial charge is 0.465 e. The van der Waals surface area contributed by atoms with Crippen molar-refractivity contribution < 1.29 is 19.5 Å². The number of carboxylic acid groups (broad SMARTS) is 1. The van der Waals surface area contributed by atoms with E-state index in [2.05, 4.69) is 25.9 Å². The van der Waals surface area contributed by atoms with Crippen LogP contribution in [0.3, 0.4) is 0 Å². The van der Waals surface area contributed by atoms with E-state index in [4.69, 9.17) is 0 Å². The van der Waals surface area contributed by atoms with Gasteiger partial charge in [-0.2, -0.15) is 5.21 Å². The van der Waals surface area contributed by atoms with Gasteiger partial charge < -0.3 is 15.3 Å². The molecule has 4 aromatic rings. The van der Waals surface area contributed by atoms with E-state index >= 15 is 0 Å². The molecular formula is C27H27N7O4.